The molecule has 13 heavy (non-hydrogen) atoms. The monoisotopic (exact) mass is 184 g/mol. The standard InChI is InChI=1S/C11H24N2/c1-9(2)12-7-11(4)13-6-5-10(3)8-13/h9-12H,5-8H2,1-4H3. The molecule has 78 valence electrons. The van der Waals surface area contributed by atoms with Crippen molar-refractivity contribution in [1.29, 1.82) is 0 Å². The van der Waals surface area contributed by atoms with Gasteiger partial charge < -0.3 is 5.32 Å². The van der Waals surface area contributed by atoms with Gasteiger partial charge in [-0.15, -0.1) is 0 Å². The van der Waals surface area contributed by atoms with Gasteiger partial charge in [-0.2, -0.15) is 0 Å². The van der Waals surface area contributed by atoms with Crippen LogP contribution in [0.4, 0.5) is 0 Å². The number of hydrogen-bond donors (Lipinski definition) is 1. The van der Waals surface area contributed by atoms with Crippen LogP contribution in [0.3, 0.4) is 0 Å². The van der Waals surface area contributed by atoms with Crippen molar-refractivity contribution in [2.45, 2.75) is 46.2 Å². The molecule has 0 aromatic rings. The molecule has 1 fully saturated rings. The molecule has 0 bridgehead atoms. The molecule has 1 aliphatic heterocycles. The molecule has 1 aliphatic rings. The lowest BCUT2D eigenvalue weighted by atomic mass is 10.2. The lowest BCUT2D eigenvalue weighted by Gasteiger charge is -2.25. The fraction of sp³-hybridized carbons (Fsp3) is 1.00. The van der Waals surface area contributed by atoms with Crippen molar-refractivity contribution in [1.82, 2.24) is 10.2 Å². The predicted molar refractivity (Wildman–Crippen MR) is 58.0 cm³/mol. The molecule has 2 heteroatoms. The molecule has 0 aromatic carbocycles. The van der Waals surface area contributed by atoms with Crippen molar-refractivity contribution in [3.63, 3.8) is 0 Å². The highest BCUT2D eigenvalue weighted by Crippen LogP contribution is 2.17. The first-order chi connectivity index (χ1) is 6.09. The number of hydrogen-bond acceptors (Lipinski definition) is 2. The number of rotatable bonds is 4. The maximum atomic E-state index is 3.50. The van der Waals surface area contributed by atoms with Gasteiger partial charge in [0, 0.05) is 25.2 Å². The normalized spacial score (nSPS) is 27.0. The van der Waals surface area contributed by atoms with Crippen LogP contribution >= 0.6 is 0 Å². The first-order valence-electron chi connectivity index (χ1n) is 5.57. The third-order valence-corrected chi connectivity index (χ3v) is 2.90. The minimum absolute atomic E-state index is 0.613. The van der Waals surface area contributed by atoms with E-state index in [2.05, 4.69) is 37.9 Å². The van der Waals surface area contributed by atoms with E-state index in [0.717, 1.165) is 12.5 Å². The van der Waals surface area contributed by atoms with Crippen LogP contribution in [0, 0.1) is 5.92 Å². The molecular weight excluding hydrogens is 160 g/mol. The minimum Gasteiger partial charge on any atom is -0.313 e. The van der Waals surface area contributed by atoms with E-state index < -0.39 is 0 Å². The first kappa shape index (κ1) is 11.0. The summed E-state index contributed by atoms with van der Waals surface area (Å²) < 4.78 is 0. The molecule has 1 rings (SSSR count). The third-order valence-electron chi connectivity index (χ3n) is 2.90. The molecule has 1 heterocycles. The van der Waals surface area contributed by atoms with E-state index in [1.54, 1.807) is 0 Å². The summed E-state index contributed by atoms with van der Waals surface area (Å²) in [6.07, 6.45) is 1.38. The van der Waals surface area contributed by atoms with Gasteiger partial charge in [-0.05, 0) is 25.8 Å². The Balaban J connectivity index is 2.19. The molecule has 0 amide bonds. The van der Waals surface area contributed by atoms with Gasteiger partial charge in [-0.1, -0.05) is 20.8 Å². The van der Waals surface area contributed by atoms with E-state index in [4.69, 9.17) is 0 Å². The second-order valence-electron chi connectivity index (χ2n) is 4.80. The summed E-state index contributed by atoms with van der Waals surface area (Å²) in [4.78, 5) is 2.60. The van der Waals surface area contributed by atoms with Crippen molar-refractivity contribution in [3.05, 3.63) is 0 Å². The molecule has 0 aromatic heterocycles. The van der Waals surface area contributed by atoms with Crippen molar-refractivity contribution in [2.24, 2.45) is 5.92 Å². The third kappa shape index (κ3) is 3.65. The van der Waals surface area contributed by atoms with Crippen molar-refractivity contribution >= 4 is 0 Å². The summed E-state index contributed by atoms with van der Waals surface area (Å²) in [5.74, 6) is 0.904. The largest absolute Gasteiger partial charge is 0.313 e. The summed E-state index contributed by atoms with van der Waals surface area (Å²) in [7, 11) is 0. The molecule has 2 atom stereocenters. The molecule has 2 nitrogen and oxygen atoms in total. The Morgan fingerprint density at radius 1 is 1.38 bits per heavy atom. The van der Waals surface area contributed by atoms with Gasteiger partial charge in [0.05, 0.1) is 0 Å². The van der Waals surface area contributed by atoms with Crippen LogP contribution < -0.4 is 5.32 Å². The average Bonchev–Trinajstić information content (AvgIpc) is 2.47. The van der Waals surface area contributed by atoms with Gasteiger partial charge in [0.15, 0.2) is 0 Å². The molecule has 1 N–H and O–H groups in total. The van der Waals surface area contributed by atoms with E-state index in [1.807, 2.05) is 0 Å². The number of likely N-dealkylation sites (tertiary alicyclic amines) is 1. The topological polar surface area (TPSA) is 15.3 Å². The van der Waals surface area contributed by atoms with E-state index in [0.29, 0.717) is 12.1 Å². The van der Waals surface area contributed by atoms with Crippen LogP contribution in [0.25, 0.3) is 0 Å². The average molecular weight is 184 g/mol. The summed E-state index contributed by atoms with van der Waals surface area (Å²) in [6.45, 7) is 12.8. The highest BCUT2D eigenvalue weighted by Gasteiger charge is 2.22. The summed E-state index contributed by atoms with van der Waals surface area (Å²) >= 11 is 0. The summed E-state index contributed by atoms with van der Waals surface area (Å²) in [5, 5.41) is 3.50. The van der Waals surface area contributed by atoms with Gasteiger partial charge in [0.2, 0.25) is 0 Å². The molecule has 0 spiro atoms. The highest BCUT2D eigenvalue weighted by atomic mass is 15.2. The fourth-order valence-corrected chi connectivity index (χ4v) is 1.90. The fourth-order valence-electron chi connectivity index (χ4n) is 1.90. The predicted octanol–water partition coefficient (Wildman–Crippen LogP) is 1.71. The SMILES string of the molecule is CC1CCN(C(C)CNC(C)C)C1. The maximum Gasteiger partial charge on any atom is 0.0192 e. The van der Waals surface area contributed by atoms with Crippen molar-refractivity contribution < 1.29 is 0 Å². The van der Waals surface area contributed by atoms with Gasteiger partial charge in [0.25, 0.3) is 0 Å². The quantitative estimate of drug-likeness (QED) is 0.715. The lowest BCUT2D eigenvalue weighted by Crippen LogP contribution is -2.41. The van der Waals surface area contributed by atoms with Crippen LogP contribution in [0.2, 0.25) is 0 Å². The Morgan fingerprint density at radius 2 is 2.08 bits per heavy atom. The Bertz CT molecular complexity index is 145. The maximum absolute atomic E-state index is 3.50. The highest BCUT2D eigenvalue weighted by molar-refractivity contribution is 4.78. The van der Waals surface area contributed by atoms with Gasteiger partial charge in [0.1, 0.15) is 0 Å². The van der Waals surface area contributed by atoms with Crippen LogP contribution in [-0.2, 0) is 0 Å². The van der Waals surface area contributed by atoms with Crippen LogP contribution in [-0.4, -0.2) is 36.6 Å². The Kier molecular flexibility index (Phi) is 4.20. The van der Waals surface area contributed by atoms with Crippen molar-refractivity contribution in [2.75, 3.05) is 19.6 Å². The van der Waals surface area contributed by atoms with Gasteiger partial charge in [-0.25, -0.2) is 0 Å². The smallest absolute Gasteiger partial charge is 0.0192 e. The second kappa shape index (κ2) is 4.97. The molecule has 0 aliphatic carbocycles. The number of nitrogens with zero attached hydrogens (tertiary/aromatic N) is 1. The van der Waals surface area contributed by atoms with Crippen molar-refractivity contribution in [3.8, 4) is 0 Å². The van der Waals surface area contributed by atoms with E-state index in [9.17, 15) is 0 Å². The zero-order chi connectivity index (χ0) is 9.84. The van der Waals surface area contributed by atoms with Gasteiger partial charge >= 0.3 is 0 Å². The Hall–Kier alpha value is -0.0800. The molecule has 1 saturated heterocycles. The van der Waals surface area contributed by atoms with Crippen LogP contribution in [0.1, 0.15) is 34.1 Å². The van der Waals surface area contributed by atoms with E-state index in [-0.39, 0.29) is 0 Å². The molecule has 2 unspecified atom stereocenters. The summed E-state index contributed by atoms with van der Waals surface area (Å²) in [6, 6.07) is 1.31. The van der Waals surface area contributed by atoms with E-state index in [1.165, 1.54) is 19.5 Å². The zero-order valence-electron chi connectivity index (χ0n) is 9.51. The van der Waals surface area contributed by atoms with Crippen LogP contribution in [0.15, 0.2) is 0 Å². The Labute approximate surface area is 82.7 Å². The second-order valence-corrected chi connectivity index (χ2v) is 4.80. The zero-order valence-corrected chi connectivity index (χ0v) is 9.51. The summed E-state index contributed by atoms with van der Waals surface area (Å²) in [5.41, 5.74) is 0. The number of nitrogens with one attached hydrogen (secondary N) is 1. The van der Waals surface area contributed by atoms with E-state index >= 15 is 0 Å². The Morgan fingerprint density at radius 3 is 2.54 bits per heavy atom. The molecule has 0 saturated carbocycles. The molecular formula is C11H24N2. The lowest BCUT2D eigenvalue weighted by molar-refractivity contribution is 0.241. The first-order valence-corrected chi connectivity index (χ1v) is 5.57. The minimum atomic E-state index is 0.613. The van der Waals surface area contributed by atoms with Crippen LogP contribution in [0.5, 0.6) is 0 Å². The van der Waals surface area contributed by atoms with Gasteiger partial charge in [-0.3, -0.25) is 4.90 Å². The molecule has 0 radical (unpaired) electrons.